The van der Waals surface area contributed by atoms with Crippen molar-refractivity contribution in [3.05, 3.63) is 101 Å². The summed E-state index contributed by atoms with van der Waals surface area (Å²) >= 11 is 0. The van der Waals surface area contributed by atoms with E-state index in [0.717, 1.165) is 42.5 Å². The van der Waals surface area contributed by atoms with Gasteiger partial charge in [-0.15, -0.1) is 0 Å². The van der Waals surface area contributed by atoms with E-state index >= 15 is 0 Å². The van der Waals surface area contributed by atoms with Gasteiger partial charge in [-0.1, -0.05) is 31.2 Å². The number of rotatable bonds is 13. The maximum atomic E-state index is 14.0. The maximum Gasteiger partial charge on any atom is 0.345 e. The standard InChI is InChI=1S/C37H32O16/c1-17(20-4-8-23(40)27(44)14-20)33(36(47)48)51-29(46)11-6-19-3-10-25(42)35-31(19)32(34(53-35)21-5-9-24(41)28(45)15-21)37(49)52-30(50-16-38)13-18-2-7-22(39)26(43)12-18/h2-12,14-17,30,32-34,39-45H,13H2,1H3,(H,47,48)/b11-6+/t17?,30-,32+,33-,34-/m1/s1. The average Bonchev–Trinajstić information content (AvgIpc) is 3.52. The number of carbonyl (C=O) groups is 4. The molecular formula is C37H32O16. The van der Waals surface area contributed by atoms with Crippen molar-refractivity contribution < 1.29 is 79.0 Å². The minimum atomic E-state index is -1.75. The van der Waals surface area contributed by atoms with Gasteiger partial charge < -0.3 is 59.8 Å². The number of fused-ring (bicyclic) bond motifs is 1. The first kappa shape index (κ1) is 37.2. The molecule has 1 heterocycles. The Morgan fingerprint density at radius 1 is 0.774 bits per heavy atom. The van der Waals surface area contributed by atoms with Gasteiger partial charge in [-0.3, -0.25) is 9.59 Å². The number of benzene rings is 4. The van der Waals surface area contributed by atoms with Crippen molar-refractivity contribution in [2.45, 2.75) is 43.7 Å². The smallest absolute Gasteiger partial charge is 0.345 e. The average molecular weight is 733 g/mol. The van der Waals surface area contributed by atoms with Crippen LogP contribution in [0.1, 0.15) is 52.7 Å². The highest BCUT2D eigenvalue weighted by Crippen LogP contribution is 2.53. The molecule has 1 unspecified atom stereocenters. The van der Waals surface area contributed by atoms with Gasteiger partial charge in [0.2, 0.25) is 6.10 Å². The number of esters is 2. The normalized spacial score (nSPS) is 16.5. The van der Waals surface area contributed by atoms with E-state index in [9.17, 15) is 60.0 Å². The molecule has 0 amide bonds. The molecule has 5 rings (SSSR count). The zero-order chi connectivity index (χ0) is 38.6. The van der Waals surface area contributed by atoms with Gasteiger partial charge in [0.05, 0.1) is 0 Å². The molecule has 4 aromatic carbocycles. The summed E-state index contributed by atoms with van der Waals surface area (Å²) in [6.07, 6.45) is -2.93. The summed E-state index contributed by atoms with van der Waals surface area (Å²) in [6, 6.07) is 13.4. The van der Waals surface area contributed by atoms with Crippen LogP contribution in [0.15, 0.2) is 72.8 Å². The van der Waals surface area contributed by atoms with Crippen molar-refractivity contribution in [1.82, 2.24) is 0 Å². The summed E-state index contributed by atoms with van der Waals surface area (Å²) < 4.78 is 21.8. The highest BCUT2D eigenvalue weighted by molar-refractivity contribution is 5.91. The Hall–Kier alpha value is -7.10. The molecule has 4 aromatic rings. The van der Waals surface area contributed by atoms with Crippen LogP contribution in [0.5, 0.6) is 46.0 Å². The molecule has 276 valence electrons. The van der Waals surface area contributed by atoms with Crippen LogP contribution in [0.4, 0.5) is 0 Å². The Labute approximate surface area is 299 Å². The van der Waals surface area contributed by atoms with E-state index in [-0.39, 0.29) is 40.9 Å². The molecule has 0 spiro atoms. The molecule has 16 heteroatoms. The Morgan fingerprint density at radius 3 is 2.02 bits per heavy atom. The van der Waals surface area contributed by atoms with Gasteiger partial charge in [-0.2, -0.15) is 0 Å². The number of aliphatic carboxylic acids is 1. The highest BCUT2D eigenvalue weighted by atomic mass is 16.7. The predicted molar refractivity (Wildman–Crippen MR) is 179 cm³/mol. The van der Waals surface area contributed by atoms with Crippen LogP contribution in [-0.2, 0) is 39.8 Å². The van der Waals surface area contributed by atoms with Gasteiger partial charge in [0.1, 0.15) is 12.0 Å². The van der Waals surface area contributed by atoms with Gasteiger partial charge in [-0.05, 0) is 70.8 Å². The number of carboxylic acid groups (broad SMARTS) is 1. The largest absolute Gasteiger partial charge is 0.504 e. The van der Waals surface area contributed by atoms with E-state index < -0.39 is 88.5 Å². The second kappa shape index (κ2) is 15.4. The molecule has 0 radical (unpaired) electrons. The first-order valence-electron chi connectivity index (χ1n) is 15.7. The molecule has 53 heavy (non-hydrogen) atoms. The number of hydrogen-bond acceptors (Lipinski definition) is 15. The summed E-state index contributed by atoms with van der Waals surface area (Å²) in [5.41, 5.74) is 0.708. The van der Waals surface area contributed by atoms with Crippen LogP contribution in [0.25, 0.3) is 6.08 Å². The molecule has 16 nitrogen and oxygen atoms in total. The van der Waals surface area contributed by atoms with Crippen LogP contribution in [-0.4, -0.2) is 77.6 Å². The minimum Gasteiger partial charge on any atom is -0.504 e. The topological polar surface area (TPSA) is 267 Å². The van der Waals surface area contributed by atoms with Crippen molar-refractivity contribution in [3.63, 3.8) is 0 Å². The number of carboxylic acids is 1. The lowest BCUT2D eigenvalue weighted by molar-refractivity contribution is -0.182. The van der Waals surface area contributed by atoms with E-state index in [0.29, 0.717) is 5.56 Å². The molecule has 0 saturated carbocycles. The molecule has 0 saturated heterocycles. The SMILES string of the molecule is CC(c1ccc(O)c(O)c1)[C@@H](OC(=O)/C=C/c1ccc(O)c2c1[C@H](C(=O)O[C@H](Cc1ccc(O)c(O)c1)OC=O)[C@@H](c1ccc(O)c(O)c1)O2)C(=O)O. The third kappa shape index (κ3) is 8.12. The van der Waals surface area contributed by atoms with Crippen LogP contribution >= 0.6 is 0 Å². The fraction of sp³-hybridized carbons (Fsp3) is 0.189. The van der Waals surface area contributed by atoms with Crippen LogP contribution in [0, 0.1) is 0 Å². The van der Waals surface area contributed by atoms with Gasteiger partial charge in [-0.25, -0.2) is 9.59 Å². The predicted octanol–water partition coefficient (Wildman–Crippen LogP) is 3.94. The zero-order valence-electron chi connectivity index (χ0n) is 27.5. The zero-order valence-corrected chi connectivity index (χ0v) is 27.5. The summed E-state index contributed by atoms with van der Waals surface area (Å²) in [5.74, 6) is -9.82. The van der Waals surface area contributed by atoms with Gasteiger partial charge >= 0.3 is 17.9 Å². The Kier molecular flexibility index (Phi) is 10.8. The van der Waals surface area contributed by atoms with Crippen LogP contribution in [0.3, 0.4) is 0 Å². The van der Waals surface area contributed by atoms with E-state index in [2.05, 4.69) is 0 Å². The third-order valence-corrected chi connectivity index (χ3v) is 8.41. The van der Waals surface area contributed by atoms with E-state index in [1.54, 1.807) is 0 Å². The molecule has 1 aliphatic rings. The molecule has 1 aliphatic heterocycles. The number of ether oxygens (including phenoxy) is 4. The molecule has 8 N–H and O–H groups in total. The lowest BCUT2D eigenvalue weighted by atomic mass is 9.87. The number of hydrogen-bond donors (Lipinski definition) is 8. The first-order valence-corrected chi connectivity index (χ1v) is 15.7. The van der Waals surface area contributed by atoms with Crippen LogP contribution < -0.4 is 4.74 Å². The molecular weight excluding hydrogens is 700 g/mol. The number of phenols is 7. The summed E-state index contributed by atoms with van der Waals surface area (Å²) in [4.78, 5) is 50.5. The number of phenolic OH excluding ortho intramolecular Hbond substituents is 7. The van der Waals surface area contributed by atoms with Crippen molar-refractivity contribution >= 4 is 30.5 Å². The van der Waals surface area contributed by atoms with Gasteiger partial charge in [0.15, 0.2) is 46.0 Å². The molecule has 5 atom stereocenters. The fourth-order valence-corrected chi connectivity index (χ4v) is 5.72. The number of aromatic hydroxyl groups is 7. The van der Waals surface area contributed by atoms with Crippen LogP contribution in [0.2, 0.25) is 0 Å². The van der Waals surface area contributed by atoms with Gasteiger partial charge in [0.25, 0.3) is 12.8 Å². The maximum absolute atomic E-state index is 14.0. The second-order valence-electron chi connectivity index (χ2n) is 11.9. The summed E-state index contributed by atoms with van der Waals surface area (Å²) in [7, 11) is 0. The molecule has 0 bridgehead atoms. The van der Waals surface area contributed by atoms with E-state index in [4.69, 9.17) is 18.9 Å². The molecule has 0 aliphatic carbocycles. The van der Waals surface area contributed by atoms with E-state index in [1.807, 2.05) is 0 Å². The fourth-order valence-electron chi connectivity index (χ4n) is 5.72. The van der Waals surface area contributed by atoms with Gasteiger partial charge in [0, 0.05) is 24.0 Å². The minimum absolute atomic E-state index is 0.0219. The first-order chi connectivity index (χ1) is 25.2. The Morgan fingerprint density at radius 2 is 1.40 bits per heavy atom. The van der Waals surface area contributed by atoms with Crippen molar-refractivity contribution in [2.75, 3.05) is 0 Å². The second-order valence-corrected chi connectivity index (χ2v) is 11.9. The Bertz CT molecular complexity index is 2090. The highest BCUT2D eigenvalue weighted by Gasteiger charge is 2.45. The lowest BCUT2D eigenvalue weighted by Gasteiger charge is -2.22. The molecule has 0 aromatic heterocycles. The van der Waals surface area contributed by atoms with Crippen molar-refractivity contribution in [3.8, 4) is 46.0 Å². The number of carbonyl (C=O) groups excluding carboxylic acids is 3. The lowest BCUT2D eigenvalue weighted by Crippen LogP contribution is -2.31. The van der Waals surface area contributed by atoms with Crippen molar-refractivity contribution in [2.24, 2.45) is 0 Å². The monoisotopic (exact) mass is 732 g/mol. The summed E-state index contributed by atoms with van der Waals surface area (Å²) in [5, 5.41) is 79.8. The quantitative estimate of drug-likeness (QED) is 0.0318. The van der Waals surface area contributed by atoms with E-state index in [1.165, 1.54) is 43.3 Å². The Balaban J connectivity index is 1.48. The third-order valence-electron chi connectivity index (χ3n) is 8.41. The van der Waals surface area contributed by atoms with Crippen molar-refractivity contribution in [1.29, 1.82) is 0 Å². The molecule has 0 fully saturated rings. The summed E-state index contributed by atoms with van der Waals surface area (Å²) in [6.45, 7) is 1.45.